The second-order valence-electron chi connectivity index (χ2n) is 5.29. The molecule has 0 unspecified atom stereocenters. The highest BCUT2D eigenvalue weighted by atomic mass is 19.1. The first kappa shape index (κ1) is 16.5. The van der Waals surface area contributed by atoms with Crippen LogP contribution in [0, 0.1) is 18.7 Å². The van der Waals surface area contributed by atoms with Gasteiger partial charge in [0, 0.05) is 12.6 Å². The molecule has 25 heavy (non-hydrogen) atoms. The van der Waals surface area contributed by atoms with Crippen molar-refractivity contribution in [2.45, 2.75) is 6.92 Å². The van der Waals surface area contributed by atoms with Crippen molar-refractivity contribution >= 4 is 12.1 Å². The van der Waals surface area contributed by atoms with E-state index in [1.54, 1.807) is 19.1 Å². The molecule has 0 bridgehead atoms. The number of amides is 1. The molecule has 0 atom stereocenters. The molecular formula is C16H14F2N6O. The highest BCUT2D eigenvalue weighted by molar-refractivity contribution is 5.94. The lowest BCUT2D eigenvalue weighted by molar-refractivity contribution is 0.0950. The van der Waals surface area contributed by atoms with Crippen LogP contribution in [-0.4, -0.2) is 32.1 Å². The smallest absolute Gasteiger partial charge is 0.272 e. The molecule has 0 spiro atoms. The Morgan fingerprint density at radius 1 is 1.32 bits per heavy atom. The minimum Gasteiger partial charge on any atom is -0.272 e. The summed E-state index contributed by atoms with van der Waals surface area (Å²) in [7, 11) is 1.47. The van der Waals surface area contributed by atoms with E-state index in [0.717, 1.165) is 4.68 Å². The molecule has 0 aliphatic heterocycles. The summed E-state index contributed by atoms with van der Waals surface area (Å²) < 4.78 is 27.8. The highest BCUT2D eigenvalue weighted by Gasteiger charge is 2.12. The number of carbonyl (C=O) groups is 1. The van der Waals surface area contributed by atoms with Crippen LogP contribution in [0.4, 0.5) is 8.78 Å². The Morgan fingerprint density at radius 3 is 2.68 bits per heavy atom. The molecule has 0 aliphatic rings. The van der Waals surface area contributed by atoms with Crippen molar-refractivity contribution in [2.75, 3.05) is 0 Å². The van der Waals surface area contributed by atoms with Gasteiger partial charge in [0.05, 0.1) is 23.2 Å². The zero-order chi connectivity index (χ0) is 18.0. The van der Waals surface area contributed by atoms with E-state index in [4.69, 9.17) is 0 Å². The number of halogens is 2. The van der Waals surface area contributed by atoms with Gasteiger partial charge in [-0.15, -0.1) is 0 Å². The number of carbonyl (C=O) groups excluding carboxylic acids is 1. The van der Waals surface area contributed by atoms with Gasteiger partial charge in [0.2, 0.25) is 5.95 Å². The van der Waals surface area contributed by atoms with Gasteiger partial charge in [0.15, 0.2) is 0 Å². The normalized spacial score (nSPS) is 11.2. The second kappa shape index (κ2) is 6.63. The van der Waals surface area contributed by atoms with Crippen LogP contribution in [0.5, 0.6) is 0 Å². The van der Waals surface area contributed by atoms with Crippen molar-refractivity contribution in [3.63, 3.8) is 0 Å². The summed E-state index contributed by atoms with van der Waals surface area (Å²) in [6.07, 6.45) is 1.19. The van der Waals surface area contributed by atoms with Gasteiger partial charge >= 0.3 is 0 Å². The van der Waals surface area contributed by atoms with Gasteiger partial charge in [0.25, 0.3) is 5.91 Å². The minimum absolute atomic E-state index is 0.167. The van der Waals surface area contributed by atoms with Crippen LogP contribution >= 0.6 is 0 Å². The number of hydrogen-bond donors (Lipinski definition) is 2. The van der Waals surface area contributed by atoms with Crippen LogP contribution in [0.1, 0.15) is 21.7 Å². The van der Waals surface area contributed by atoms with Gasteiger partial charge in [-0.1, -0.05) is 0 Å². The molecule has 1 amide bonds. The van der Waals surface area contributed by atoms with E-state index < -0.39 is 11.9 Å². The number of rotatable bonds is 4. The molecule has 7 nitrogen and oxygen atoms in total. The highest BCUT2D eigenvalue weighted by Crippen LogP contribution is 2.18. The fourth-order valence-corrected chi connectivity index (χ4v) is 2.22. The lowest BCUT2D eigenvalue weighted by Gasteiger charge is -1.96. The number of nitrogens with zero attached hydrogens (tertiary/aromatic N) is 4. The molecule has 2 aromatic heterocycles. The molecule has 2 N–H and O–H groups in total. The number of H-pyrrole nitrogens is 1. The molecule has 2 heterocycles. The standard InChI is InChI=1S/C16H14F2N6O/c1-9-12(15(18)24(2)23-9)8-19-22-16(25)14-7-13(20-21-14)10-3-5-11(17)6-4-10/h3-8H,1-2H3,(H,20,21)(H,22,25)/b19-8-. The summed E-state index contributed by atoms with van der Waals surface area (Å²) in [6, 6.07) is 7.23. The van der Waals surface area contributed by atoms with E-state index >= 15 is 0 Å². The summed E-state index contributed by atoms with van der Waals surface area (Å²) in [5.74, 6) is -1.45. The molecule has 0 fully saturated rings. The summed E-state index contributed by atoms with van der Waals surface area (Å²) in [5.41, 5.74) is 4.25. The third kappa shape index (κ3) is 3.44. The van der Waals surface area contributed by atoms with Crippen LogP contribution in [0.3, 0.4) is 0 Å². The van der Waals surface area contributed by atoms with Crippen LogP contribution in [-0.2, 0) is 7.05 Å². The van der Waals surface area contributed by atoms with E-state index in [-0.39, 0.29) is 17.1 Å². The van der Waals surface area contributed by atoms with E-state index in [0.29, 0.717) is 17.0 Å². The first-order valence-electron chi connectivity index (χ1n) is 7.29. The Balaban J connectivity index is 1.70. The fraction of sp³-hybridized carbons (Fsp3) is 0.125. The van der Waals surface area contributed by atoms with Crippen molar-refractivity contribution < 1.29 is 13.6 Å². The van der Waals surface area contributed by atoms with Crippen molar-refractivity contribution in [3.8, 4) is 11.3 Å². The van der Waals surface area contributed by atoms with Crippen LogP contribution in [0.15, 0.2) is 35.4 Å². The Labute approximate surface area is 141 Å². The maximum atomic E-state index is 13.7. The van der Waals surface area contributed by atoms with Crippen molar-refractivity contribution in [3.05, 3.63) is 59.0 Å². The largest absolute Gasteiger partial charge is 0.289 e. The Kier molecular flexibility index (Phi) is 4.38. The fourth-order valence-electron chi connectivity index (χ4n) is 2.22. The van der Waals surface area contributed by atoms with Crippen LogP contribution < -0.4 is 5.43 Å². The first-order chi connectivity index (χ1) is 12.0. The lowest BCUT2D eigenvalue weighted by atomic mass is 10.1. The summed E-state index contributed by atoms with van der Waals surface area (Å²) >= 11 is 0. The number of aryl methyl sites for hydroxylation is 2. The summed E-state index contributed by atoms with van der Waals surface area (Å²) in [6.45, 7) is 1.64. The van der Waals surface area contributed by atoms with Crippen molar-refractivity contribution in [2.24, 2.45) is 12.1 Å². The SMILES string of the molecule is Cc1nn(C)c(F)c1/C=N\NC(=O)c1cc(-c2ccc(F)cc2)n[nH]1. The van der Waals surface area contributed by atoms with E-state index in [1.165, 1.54) is 31.5 Å². The van der Waals surface area contributed by atoms with Gasteiger partial charge in [-0.05, 0) is 37.3 Å². The van der Waals surface area contributed by atoms with Gasteiger partial charge in [-0.25, -0.2) is 14.5 Å². The van der Waals surface area contributed by atoms with E-state index in [9.17, 15) is 13.6 Å². The lowest BCUT2D eigenvalue weighted by Crippen LogP contribution is -2.18. The predicted molar refractivity (Wildman–Crippen MR) is 86.9 cm³/mol. The topological polar surface area (TPSA) is 88.0 Å². The number of nitrogens with one attached hydrogen (secondary N) is 2. The molecule has 128 valence electrons. The monoisotopic (exact) mass is 344 g/mol. The maximum absolute atomic E-state index is 13.7. The molecule has 0 saturated heterocycles. The Morgan fingerprint density at radius 2 is 2.04 bits per heavy atom. The third-order valence-corrected chi connectivity index (χ3v) is 3.52. The number of hydrogen-bond acceptors (Lipinski definition) is 4. The molecule has 3 rings (SSSR count). The first-order valence-corrected chi connectivity index (χ1v) is 7.29. The molecule has 1 aromatic carbocycles. The second-order valence-corrected chi connectivity index (χ2v) is 5.29. The van der Waals surface area contributed by atoms with Gasteiger partial charge in [-0.3, -0.25) is 9.89 Å². The molecular weight excluding hydrogens is 330 g/mol. The number of benzene rings is 1. The number of aromatic nitrogens is 4. The minimum atomic E-state index is -0.546. The van der Waals surface area contributed by atoms with Gasteiger partial charge in [0.1, 0.15) is 11.5 Å². The zero-order valence-corrected chi connectivity index (χ0v) is 13.4. The number of aromatic amines is 1. The average Bonchev–Trinajstić information content (AvgIpc) is 3.16. The number of hydrazone groups is 1. The van der Waals surface area contributed by atoms with Crippen molar-refractivity contribution in [1.82, 2.24) is 25.4 Å². The van der Waals surface area contributed by atoms with E-state index in [2.05, 4.69) is 25.8 Å². The Bertz CT molecular complexity index is 942. The molecule has 9 heteroatoms. The maximum Gasteiger partial charge on any atom is 0.289 e. The molecule has 0 saturated carbocycles. The van der Waals surface area contributed by atoms with E-state index in [1.807, 2.05) is 0 Å². The third-order valence-electron chi connectivity index (χ3n) is 3.52. The Hall–Kier alpha value is -3.36. The van der Waals surface area contributed by atoms with Crippen LogP contribution in [0.25, 0.3) is 11.3 Å². The summed E-state index contributed by atoms with van der Waals surface area (Å²) in [5, 5.41) is 14.2. The van der Waals surface area contributed by atoms with Crippen molar-refractivity contribution in [1.29, 1.82) is 0 Å². The average molecular weight is 344 g/mol. The molecule has 0 aliphatic carbocycles. The van der Waals surface area contributed by atoms with Crippen LogP contribution in [0.2, 0.25) is 0 Å². The quantitative estimate of drug-likeness (QED) is 0.561. The van der Waals surface area contributed by atoms with Gasteiger partial charge in [-0.2, -0.15) is 19.7 Å². The predicted octanol–water partition coefficient (Wildman–Crippen LogP) is 2.16. The zero-order valence-electron chi connectivity index (χ0n) is 13.4. The van der Waals surface area contributed by atoms with Gasteiger partial charge < -0.3 is 0 Å². The molecule has 3 aromatic rings. The summed E-state index contributed by atoms with van der Waals surface area (Å²) in [4.78, 5) is 12.0. The molecule has 0 radical (unpaired) electrons.